The molecule has 1 amide bonds. The Kier molecular flexibility index (Phi) is 7.92. The van der Waals surface area contributed by atoms with Crippen molar-refractivity contribution >= 4 is 5.91 Å². The first-order valence-corrected chi connectivity index (χ1v) is 11.1. The van der Waals surface area contributed by atoms with E-state index in [0.29, 0.717) is 5.56 Å². The second-order valence-corrected chi connectivity index (χ2v) is 8.25. The molecule has 0 aliphatic rings. The molecule has 2 aromatic heterocycles. The van der Waals surface area contributed by atoms with Gasteiger partial charge in [0.15, 0.2) is 5.69 Å². The molecule has 4 rings (SSSR count). The molecule has 0 atom stereocenters. The van der Waals surface area contributed by atoms with E-state index in [1.165, 1.54) is 18.2 Å². The molecule has 4 aromatic rings. The monoisotopic (exact) mass is 516 g/mol. The SMILES string of the molecule is O=C(NCc1cccnc1)c1coc(CN(Cc2cccc(C(F)(F)F)c2)Cc2ccc(F)cc2F)n1. The van der Waals surface area contributed by atoms with E-state index >= 15 is 0 Å². The maximum atomic E-state index is 14.3. The minimum Gasteiger partial charge on any atom is -0.447 e. The fourth-order valence-electron chi connectivity index (χ4n) is 3.62. The van der Waals surface area contributed by atoms with Crippen LogP contribution in [0.25, 0.3) is 0 Å². The van der Waals surface area contributed by atoms with Crippen LogP contribution < -0.4 is 5.32 Å². The van der Waals surface area contributed by atoms with Gasteiger partial charge in [0.05, 0.1) is 12.1 Å². The molecule has 2 aromatic carbocycles. The second-order valence-electron chi connectivity index (χ2n) is 8.25. The summed E-state index contributed by atoms with van der Waals surface area (Å²) < 4.78 is 72.6. The molecule has 0 saturated carbocycles. The third kappa shape index (κ3) is 7.20. The number of aromatic nitrogens is 2. The van der Waals surface area contributed by atoms with Gasteiger partial charge in [0.2, 0.25) is 5.89 Å². The lowest BCUT2D eigenvalue weighted by molar-refractivity contribution is -0.137. The first-order chi connectivity index (χ1) is 17.7. The van der Waals surface area contributed by atoms with Crippen molar-refractivity contribution in [1.29, 1.82) is 0 Å². The number of carbonyl (C=O) groups excluding carboxylic acids is 1. The van der Waals surface area contributed by atoms with Crippen molar-refractivity contribution in [2.45, 2.75) is 32.4 Å². The zero-order valence-electron chi connectivity index (χ0n) is 19.3. The van der Waals surface area contributed by atoms with E-state index in [2.05, 4.69) is 15.3 Å². The highest BCUT2D eigenvalue weighted by molar-refractivity contribution is 5.91. The average Bonchev–Trinajstić information content (AvgIpc) is 3.33. The van der Waals surface area contributed by atoms with Crippen LogP contribution in [-0.4, -0.2) is 20.8 Å². The fourth-order valence-corrected chi connectivity index (χ4v) is 3.62. The van der Waals surface area contributed by atoms with Crippen LogP contribution in [0.3, 0.4) is 0 Å². The first-order valence-electron chi connectivity index (χ1n) is 11.1. The van der Waals surface area contributed by atoms with Crippen LogP contribution in [0.1, 0.15) is 38.6 Å². The standard InChI is InChI=1S/C26H21F5N4O2/c27-21-7-6-19(22(28)10-21)14-35(13-17-3-1-5-20(9-17)26(29,30)31)15-24-34-23(16-37-24)25(36)33-12-18-4-2-8-32-11-18/h1-11,16H,12-15H2,(H,33,36). The molecule has 37 heavy (non-hydrogen) atoms. The highest BCUT2D eigenvalue weighted by Gasteiger charge is 2.30. The molecule has 0 radical (unpaired) electrons. The summed E-state index contributed by atoms with van der Waals surface area (Å²) >= 11 is 0. The molecule has 0 aliphatic carbocycles. The zero-order chi connectivity index (χ0) is 26.4. The fraction of sp³-hybridized carbons (Fsp3) is 0.192. The van der Waals surface area contributed by atoms with Crippen molar-refractivity contribution in [3.05, 3.63) is 119 Å². The van der Waals surface area contributed by atoms with Gasteiger partial charge in [-0.05, 0) is 29.3 Å². The average molecular weight is 516 g/mol. The smallest absolute Gasteiger partial charge is 0.416 e. The molecule has 0 bridgehead atoms. The van der Waals surface area contributed by atoms with Crippen LogP contribution in [0.15, 0.2) is 77.7 Å². The summed E-state index contributed by atoms with van der Waals surface area (Å²) in [4.78, 5) is 22.2. The van der Waals surface area contributed by atoms with E-state index in [1.54, 1.807) is 29.4 Å². The summed E-state index contributed by atoms with van der Waals surface area (Å²) in [7, 11) is 0. The summed E-state index contributed by atoms with van der Waals surface area (Å²) in [6.45, 7) is 0.0717. The van der Waals surface area contributed by atoms with Crippen molar-refractivity contribution in [2.75, 3.05) is 0 Å². The lowest BCUT2D eigenvalue weighted by Crippen LogP contribution is -2.25. The number of halogens is 5. The van der Waals surface area contributed by atoms with Gasteiger partial charge in [-0.15, -0.1) is 0 Å². The zero-order valence-corrected chi connectivity index (χ0v) is 19.3. The number of nitrogens with one attached hydrogen (secondary N) is 1. The Morgan fingerprint density at radius 3 is 2.51 bits per heavy atom. The Labute approximate surface area is 208 Å². The molecule has 0 aliphatic heterocycles. The summed E-state index contributed by atoms with van der Waals surface area (Å²) in [6.07, 6.45) is -0.147. The molecule has 0 spiro atoms. The Morgan fingerprint density at radius 1 is 0.973 bits per heavy atom. The maximum absolute atomic E-state index is 14.3. The van der Waals surface area contributed by atoms with E-state index < -0.39 is 29.3 Å². The van der Waals surface area contributed by atoms with Gasteiger partial charge < -0.3 is 9.73 Å². The maximum Gasteiger partial charge on any atom is 0.416 e. The number of rotatable bonds is 9. The first kappa shape index (κ1) is 26.0. The van der Waals surface area contributed by atoms with E-state index in [1.807, 2.05) is 0 Å². The van der Waals surface area contributed by atoms with Crippen LogP contribution in [0, 0.1) is 11.6 Å². The van der Waals surface area contributed by atoms with Crippen LogP contribution >= 0.6 is 0 Å². The Morgan fingerprint density at radius 2 is 1.78 bits per heavy atom. The summed E-state index contributed by atoms with van der Waals surface area (Å²) in [5.74, 6) is -1.94. The van der Waals surface area contributed by atoms with Crippen molar-refractivity contribution in [2.24, 2.45) is 0 Å². The number of oxazole rings is 1. The number of benzene rings is 2. The molecule has 2 heterocycles. The number of nitrogens with zero attached hydrogens (tertiary/aromatic N) is 3. The molecule has 6 nitrogen and oxygen atoms in total. The predicted octanol–water partition coefficient (Wildman–Crippen LogP) is 5.50. The number of carbonyl (C=O) groups is 1. The minimum absolute atomic E-state index is 0.00544. The molecule has 1 N–H and O–H groups in total. The minimum atomic E-state index is -4.52. The van der Waals surface area contributed by atoms with Gasteiger partial charge in [-0.2, -0.15) is 13.2 Å². The van der Waals surface area contributed by atoms with Gasteiger partial charge >= 0.3 is 6.18 Å². The number of amides is 1. The Bertz CT molecular complexity index is 1360. The summed E-state index contributed by atoms with van der Waals surface area (Å²) in [6, 6.07) is 11.4. The molecule has 0 unspecified atom stereocenters. The lowest BCUT2D eigenvalue weighted by atomic mass is 10.1. The van der Waals surface area contributed by atoms with Gasteiger partial charge in [-0.1, -0.05) is 30.3 Å². The highest BCUT2D eigenvalue weighted by Crippen LogP contribution is 2.30. The largest absolute Gasteiger partial charge is 0.447 e. The van der Waals surface area contributed by atoms with Gasteiger partial charge in [-0.3, -0.25) is 14.7 Å². The number of pyridine rings is 1. The number of hydrogen-bond acceptors (Lipinski definition) is 5. The lowest BCUT2D eigenvalue weighted by Gasteiger charge is -2.22. The van der Waals surface area contributed by atoms with Crippen LogP contribution in [0.2, 0.25) is 0 Å². The molecule has 192 valence electrons. The van der Waals surface area contributed by atoms with E-state index in [4.69, 9.17) is 4.42 Å². The molecule has 0 fully saturated rings. The summed E-state index contributed by atoms with van der Waals surface area (Å²) in [5, 5.41) is 2.69. The predicted molar refractivity (Wildman–Crippen MR) is 123 cm³/mol. The topological polar surface area (TPSA) is 71.3 Å². The van der Waals surface area contributed by atoms with Crippen molar-refractivity contribution in [3.8, 4) is 0 Å². The van der Waals surface area contributed by atoms with E-state index in [0.717, 1.165) is 36.1 Å². The highest BCUT2D eigenvalue weighted by atomic mass is 19.4. The van der Waals surface area contributed by atoms with Crippen LogP contribution in [0.5, 0.6) is 0 Å². The number of hydrogen-bond donors (Lipinski definition) is 1. The van der Waals surface area contributed by atoms with Gasteiger partial charge in [-0.25, -0.2) is 13.8 Å². The van der Waals surface area contributed by atoms with Gasteiger partial charge in [0.1, 0.15) is 17.9 Å². The molecular formula is C26H21F5N4O2. The third-order valence-corrected chi connectivity index (χ3v) is 5.39. The van der Waals surface area contributed by atoms with Crippen molar-refractivity contribution in [1.82, 2.24) is 20.2 Å². The quantitative estimate of drug-likeness (QED) is 0.298. The normalized spacial score (nSPS) is 11.6. The van der Waals surface area contributed by atoms with Crippen LogP contribution in [-0.2, 0) is 32.4 Å². The third-order valence-electron chi connectivity index (χ3n) is 5.39. The molecule has 0 saturated heterocycles. The number of alkyl halides is 3. The molecule has 11 heteroatoms. The van der Waals surface area contributed by atoms with Crippen molar-refractivity contribution in [3.63, 3.8) is 0 Å². The Hall–Kier alpha value is -4.12. The van der Waals surface area contributed by atoms with E-state index in [-0.39, 0.29) is 43.3 Å². The summed E-state index contributed by atoms with van der Waals surface area (Å²) in [5.41, 5.74) is 0.424. The van der Waals surface area contributed by atoms with Gasteiger partial charge in [0.25, 0.3) is 5.91 Å². The Balaban J connectivity index is 1.50. The van der Waals surface area contributed by atoms with Crippen LogP contribution in [0.4, 0.5) is 22.0 Å². The van der Waals surface area contributed by atoms with Crippen molar-refractivity contribution < 1.29 is 31.2 Å². The van der Waals surface area contributed by atoms with Gasteiger partial charge in [0, 0.05) is 43.7 Å². The second kappa shape index (κ2) is 11.3. The molecular weight excluding hydrogens is 495 g/mol. The van der Waals surface area contributed by atoms with E-state index in [9.17, 15) is 26.7 Å².